The molecule has 0 radical (unpaired) electrons. The van der Waals surface area contributed by atoms with Crippen molar-refractivity contribution in [2.45, 2.75) is 51.5 Å². The van der Waals surface area contributed by atoms with Gasteiger partial charge in [0, 0.05) is 50.7 Å². The van der Waals surface area contributed by atoms with Crippen LogP contribution in [-0.4, -0.2) is 94.9 Å². The molecule has 2 aromatic rings. The fraction of sp³-hybridized carbons (Fsp3) is 0.586. The van der Waals surface area contributed by atoms with E-state index in [1.165, 1.54) is 11.1 Å². The summed E-state index contributed by atoms with van der Waals surface area (Å²) < 4.78 is 11.7. The first-order chi connectivity index (χ1) is 17.7. The van der Waals surface area contributed by atoms with Crippen LogP contribution >= 0.6 is 0 Å². The van der Waals surface area contributed by atoms with Gasteiger partial charge in [-0.2, -0.15) is 0 Å². The fourth-order valence-electron chi connectivity index (χ4n) is 6.24. The first-order valence-electron chi connectivity index (χ1n) is 13.5. The molecule has 1 spiro atoms. The minimum Gasteiger partial charge on any atom is -0.469 e. The summed E-state index contributed by atoms with van der Waals surface area (Å²) in [6.07, 6.45) is 0.339. The Kier molecular flexibility index (Phi) is 6.26. The zero-order valence-electron chi connectivity index (χ0n) is 22.2. The van der Waals surface area contributed by atoms with Crippen LogP contribution in [-0.2, 0) is 17.7 Å². The summed E-state index contributed by atoms with van der Waals surface area (Å²) in [5, 5.41) is 11.0. The maximum atomic E-state index is 13.6. The third-order valence-corrected chi connectivity index (χ3v) is 8.32. The molecule has 8 nitrogen and oxygen atoms in total. The average Bonchev–Trinajstić information content (AvgIpc) is 2.89. The largest absolute Gasteiger partial charge is 0.469 e. The quantitative estimate of drug-likeness (QED) is 0.645. The summed E-state index contributed by atoms with van der Waals surface area (Å²) in [7, 11) is 0. The maximum Gasteiger partial charge on any atom is 0.259 e. The van der Waals surface area contributed by atoms with E-state index >= 15 is 0 Å². The molecule has 4 aliphatic heterocycles. The summed E-state index contributed by atoms with van der Waals surface area (Å²) in [6.45, 7) is 12.8. The number of pyridine rings is 1. The highest BCUT2D eigenvalue weighted by molar-refractivity contribution is 5.96. The van der Waals surface area contributed by atoms with Crippen LogP contribution in [0.2, 0.25) is 0 Å². The number of benzene rings is 1. The highest BCUT2D eigenvalue weighted by atomic mass is 16.5. The third-order valence-electron chi connectivity index (χ3n) is 8.32. The Hall–Kier alpha value is -2.52. The van der Waals surface area contributed by atoms with Gasteiger partial charge in [0.15, 0.2) is 0 Å². The minimum atomic E-state index is -0.645. The van der Waals surface area contributed by atoms with Crippen molar-refractivity contribution >= 4 is 5.91 Å². The van der Waals surface area contributed by atoms with Crippen LogP contribution in [0.5, 0.6) is 5.88 Å². The van der Waals surface area contributed by atoms with Crippen LogP contribution in [0.4, 0.5) is 0 Å². The van der Waals surface area contributed by atoms with Gasteiger partial charge in [-0.3, -0.25) is 14.6 Å². The van der Waals surface area contributed by atoms with Gasteiger partial charge in [-0.05, 0) is 50.5 Å². The zero-order chi connectivity index (χ0) is 25.8. The molecule has 0 bridgehead atoms. The lowest BCUT2D eigenvalue weighted by atomic mass is 9.77. The molecule has 0 aliphatic carbocycles. The van der Waals surface area contributed by atoms with Crippen LogP contribution in [0.15, 0.2) is 36.4 Å². The Morgan fingerprint density at radius 1 is 1.05 bits per heavy atom. The first kappa shape index (κ1) is 24.8. The number of aromatic nitrogens is 1. The molecular weight excluding hydrogens is 468 g/mol. The molecule has 2 saturated heterocycles. The predicted octanol–water partition coefficient (Wildman–Crippen LogP) is 2.51. The molecule has 5 heterocycles. The Bertz CT molecular complexity index is 1170. The monoisotopic (exact) mass is 506 g/mol. The standard InChI is InChI=1S/C29H38N4O4/c1-20(33-16-29(17-33)18-36-19-29)25-9-8-24-26(30-25)37-28(2,3)15-32(27(24)35)14-23(34)13-31-11-10-21-6-4-5-7-22(21)12-31/h4-9,20,23,34H,10-19H2,1-3H3/t20?,23-/m1/s1. The molecule has 2 atom stereocenters. The van der Waals surface area contributed by atoms with Gasteiger partial charge in [0.05, 0.1) is 31.6 Å². The second-order valence-corrected chi connectivity index (χ2v) is 12.1. The van der Waals surface area contributed by atoms with Gasteiger partial charge in [-0.1, -0.05) is 24.3 Å². The van der Waals surface area contributed by atoms with E-state index in [0.717, 1.165) is 51.5 Å². The van der Waals surface area contributed by atoms with Gasteiger partial charge in [-0.25, -0.2) is 4.98 Å². The first-order valence-corrected chi connectivity index (χ1v) is 13.5. The van der Waals surface area contributed by atoms with Crippen LogP contribution in [0, 0.1) is 5.41 Å². The number of β-amino-alcohol motifs (C(OH)–C–C–N with tert-alkyl or cyclic N) is 1. The van der Waals surface area contributed by atoms with Gasteiger partial charge in [0.1, 0.15) is 11.2 Å². The molecule has 1 unspecified atom stereocenters. The lowest BCUT2D eigenvalue weighted by Crippen LogP contribution is -2.66. The highest BCUT2D eigenvalue weighted by Gasteiger charge is 2.50. The van der Waals surface area contributed by atoms with E-state index in [0.29, 0.717) is 29.9 Å². The minimum absolute atomic E-state index is 0.134. The van der Waals surface area contributed by atoms with E-state index in [1.54, 1.807) is 4.90 Å². The Morgan fingerprint density at radius 2 is 1.81 bits per heavy atom. The Morgan fingerprint density at radius 3 is 2.54 bits per heavy atom. The van der Waals surface area contributed by atoms with Gasteiger partial charge in [0.25, 0.3) is 5.91 Å². The molecule has 1 aromatic carbocycles. The molecule has 1 amide bonds. The van der Waals surface area contributed by atoms with Crippen molar-refractivity contribution in [1.82, 2.24) is 19.7 Å². The van der Waals surface area contributed by atoms with Crippen LogP contribution in [0.3, 0.4) is 0 Å². The number of nitrogens with zero attached hydrogens (tertiary/aromatic N) is 4. The number of carbonyl (C=O) groups excluding carboxylic acids is 1. The molecule has 6 rings (SSSR count). The molecule has 37 heavy (non-hydrogen) atoms. The number of carbonyl (C=O) groups is 1. The second kappa shape index (κ2) is 9.34. The molecule has 198 valence electrons. The van der Waals surface area contributed by atoms with Crippen LogP contribution in [0.25, 0.3) is 0 Å². The summed E-state index contributed by atoms with van der Waals surface area (Å²) in [6, 6.07) is 12.4. The van der Waals surface area contributed by atoms with Crippen molar-refractivity contribution in [3.63, 3.8) is 0 Å². The predicted molar refractivity (Wildman–Crippen MR) is 140 cm³/mol. The number of aliphatic hydroxyl groups excluding tert-OH is 1. The number of likely N-dealkylation sites (tertiary alicyclic amines) is 1. The average molecular weight is 507 g/mol. The van der Waals surface area contributed by atoms with Crippen molar-refractivity contribution in [2.75, 3.05) is 52.5 Å². The lowest BCUT2D eigenvalue weighted by Gasteiger charge is -2.56. The van der Waals surface area contributed by atoms with E-state index in [4.69, 9.17) is 14.5 Å². The van der Waals surface area contributed by atoms with E-state index in [9.17, 15) is 9.90 Å². The number of rotatable bonds is 6. The molecule has 1 N–H and O–H groups in total. The van der Waals surface area contributed by atoms with Gasteiger partial charge in [-0.15, -0.1) is 0 Å². The zero-order valence-corrected chi connectivity index (χ0v) is 22.2. The number of amides is 1. The topological polar surface area (TPSA) is 78.4 Å². The molecule has 8 heteroatoms. The summed E-state index contributed by atoms with van der Waals surface area (Å²) in [5.74, 6) is 0.260. The molecular formula is C29H38N4O4. The van der Waals surface area contributed by atoms with E-state index < -0.39 is 11.7 Å². The third kappa shape index (κ3) is 4.88. The van der Waals surface area contributed by atoms with E-state index in [2.05, 4.69) is 41.0 Å². The summed E-state index contributed by atoms with van der Waals surface area (Å²) in [4.78, 5) is 24.8. The van der Waals surface area contributed by atoms with Crippen molar-refractivity contribution < 1.29 is 19.4 Å². The van der Waals surface area contributed by atoms with Crippen molar-refractivity contribution in [3.05, 3.63) is 58.8 Å². The Balaban J connectivity index is 1.13. The smallest absolute Gasteiger partial charge is 0.259 e. The second-order valence-electron chi connectivity index (χ2n) is 12.1. The van der Waals surface area contributed by atoms with Gasteiger partial charge < -0.3 is 19.5 Å². The van der Waals surface area contributed by atoms with Gasteiger partial charge in [0.2, 0.25) is 5.88 Å². The number of ether oxygens (including phenoxy) is 2. The number of fused-ring (bicyclic) bond motifs is 2. The molecule has 2 fully saturated rings. The number of hydrogen-bond donors (Lipinski definition) is 1. The van der Waals surface area contributed by atoms with Crippen molar-refractivity contribution in [3.8, 4) is 5.88 Å². The van der Waals surface area contributed by atoms with E-state index in [-0.39, 0.29) is 18.5 Å². The summed E-state index contributed by atoms with van der Waals surface area (Å²) in [5.41, 5.74) is 3.81. The molecule has 0 saturated carbocycles. The molecule has 1 aromatic heterocycles. The lowest BCUT2D eigenvalue weighted by molar-refractivity contribution is -0.197. The van der Waals surface area contributed by atoms with Gasteiger partial charge >= 0.3 is 0 Å². The SMILES string of the molecule is CC(c1ccc2c(n1)OC(C)(C)CN(C[C@H](O)CN1CCc3ccccc3C1)C2=O)N1CC2(COC2)C1. The Labute approximate surface area is 219 Å². The maximum absolute atomic E-state index is 13.6. The van der Waals surface area contributed by atoms with Crippen LogP contribution in [0.1, 0.15) is 54.0 Å². The fourth-order valence-corrected chi connectivity index (χ4v) is 6.24. The van der Waals surface area contributed by atoms with E-state index in [1.807, 2.05) is 26.0 Å². The number of hydrogen-bond acceptors (Lipinski definition) is 7. The summed E-state index contributed by atoms with van der Waals surface area (Å²) >= 11 is 0. The molecule has 4 aliphatic rings. The highest BCUT2D eigenvalue weighted by Crippen LogP contribution is 2.42. The van der Waals surface area contributed by atoms with Crippen molar-refractivity contribution in [1.29, 1.82) is 0 Å². The normalized spacial score (nSPS) is 24.2. The van der Waals surface area contributed by atoms with Crippen molar-refractivity contribution in [2.24, 2.45) is 5.41 Å². The van der Waals surface area contributed by atoms with Crippen LogP contribution < -0.4 is 4.74 Å². The number of aliphatic hydroxyl groups is 1.